The molecule has 0 spiro atoms. The second-order valence-electron chi connectivity index (χ2n) is 7.25. The van der Waals surface area contributed by atoms with Crippen molar-refractivity contribution in [3.63, 3.8) is 0 Å². The molecular weight excluding hydrogens is 432 g/mol. The maximum atomic E-state index is 11.9. The highest BCUT2D eigenvalue weighted by Crippen LogP contribution is 2.15. The Morgan fingerprint density at radius 1 is 0.719 bits per heavy atom. The number of carboxylic acid groups (broad SMARTS) is 2. The lowest BCUT2D eigenvalue weighted by molar-refractivity contribution is -0.169. The van der Waals surface area contributed by atoms with Gasteiger partial charge in [-0.1, -0.05) is 0 Å². The van der Waals surface area contributed by atoms with Gasteiger partial charge in [0.1, 0.15) is 24.3 Å². The molecule has 186 valence electrons. The molecule has 12 N–H and O–H groups in total. The molecule has 32 heavy (non-hydrogen) atoms. The first-order chi connectivity index (χ1) is 14.9. The Kier molecular flexibility index (Phi) is 14.3. The van der Waals surface area contributed by atoms with Crippen LogP contribution in [0.4, 0.5) is 0 Å². The highest BCUT2D eigenvalue weighted by Gasteiger charge is 2.39. The smallest absolute Gasteiger partial charge is 0.320 e. The molecule has 0 aliphatic heterocycles. The molecule has 0 fully saturated rings. The van der Waals surface area contributed by atoms with Gasteiger partial charge in [0.15, 0.2) is 12.2 Å². The summed E-state index contributed by atoms with van der Waals surface area (Å²) >= 11 is 0. The molecule has 0 rings (SSSR count). The molecule has 0 aromatic rings. The van der Waals surface area contributed by atoms with Crippen LogP contribution in [0.5, 0.6) is 0 Å². The van der Waals surface area contributed by atoms with Crippen molar-refractivity contribution >= 4 is 23.8 Å². The number of ether oxygens (including phenoxy) is 2. The Balaban J connectivity index is 4.95. The van der Waals surface area contributed by atoms with Crippen LogP contribution >= 0.6 is 0 Å². The van der Waals surface area contributed by atoms with Gasteiger partial charge in [-0.05, 0) is 38.5 Å². The molecule has 0 radical (unpaired) electrons. The first kappa shape index (κ1) is 29.6. The Bertz CT molecular complexity index is 621. The van der Waals surface area contributed by atoms with E-state index in [2.05, 4.69) is 0 Å². The summed E-state index contributed by atoms with van der Waals surface area (Å²) in [6.45, 7) is -0.174. The number of aliphatic carboxylic acids is 2. The predicted molar refractivity (Wildman–Crippen MR) is 109 cm³/mol. The predicted octanol–water partition coefficient (Wildman–Crippen LogP) is -3.39. The van der Waals surface area contributed by atoms with E-state index in [9.17, 15) is 29.4 Å². The monoisotopic (exact) mass is 466 g/mol. The van der Waals surface area contributed by atoms with E-state index in [-0.39, 0.29) is 32.5 Å². The van der Waals surface area contributed by atoms with Crippen molar-refractivity contribution in [2.75, 3.05) is 13.2 Å². The molecule has 0 unspecified atom stereocenters. The number of hydrogen-bond donors (Lipinski definition) is 8. The molecular formula is C18H34N4O10. The highest BCUT2D eigenvalue weighted by molar-refractivity contribution is 5.81. The van der Waals surface area contributed by atoms with Crippen LogP contribution in [0.15, 0.2) is 0 Å². The van der Waals surface area contributed by atoms with E-state index >= 15 is 0 Å². The van der Waals surface area contributed by atoms with Crippen LogP contribution in [-0.4, -0.2) is 93.9 Å². The van der Waals surface area contributed by atoms with Crippen LogP contribution in [0, 0.1) is 0 Å². The Labute approximate surface area is 184 Å². The lowest BCUT2D eigenvalue weighted by Crippen LogP contribution is -2.55. The average molecular weight is 466 g/mol. The van der Waals surface area contributed by atoms with E-state index in [1.807, 2.05) is 0 Å². The van der Waals surface area contributed by atoms with Crippen molar-refractivity contribution in [2.24, 2.45) is 22.9 Å². The van der Waals surface area contributed by atoms with Crippen molar-refractivity contribution in [3.05, 3.63) is 0 Å². The third-order valence-electron chi connectivity index (χ3n) is 4.59. The van der Waals surface area contributed by atoms with Crippen LogP contribution in [0.1, 0.15) is 38.5 Å². The number of rotatable bonds is 19. The summed E-state index contributed by atoms with van der Waals surface area (Å²) in [7, 11) is 0. The molecule has 0 aliphatic carbocycles. The van der Waals surface area contributed by atoms with Gasteiger partial charge in [0.05, 0.1) is 0 Å². The zero-order chi connectivity index (χ0) is 24.8. The van der Waals surface area contributed by atoms with Crippen LogP contribution in [0.25, 0.3) is 0 Å². The summed E-state index contributed by atoms with van der Waals surface area (Å²) < 4.78 is 10.8. The summed E-state index contributed by atoms with van der Waals surface area (Å²) in [6, 6.07) is -2.09. The number of aliphatic hydroxyl groups is 2. The van der Waals surface area contributed by atoms with E-state index in [1.165, 1.54) is 0 Å². The summed E-state index contributed by atoms with van der Waals surface area (Å²) in [4.78, 5) is 44.5. The second kappa shape index (κ2) is 15.4. The number of carbonyl (C=O) groups is 4. The SMILES string of the molecule is NC(=O)[C@@H](O)[C@@H](O)[C@H](OCCCC[C@H](N)C(=O)O)[C@@H](OCCCC[C@H](N)C(=O)O)C(N)=O. The van der Waals surface area contributed by atoms with Gasteiger partial charge in [-0.3, -0.25) is 19.2 Å². The molecule has 0 saturated heterocycles. The largest absolute Gasteiger partial charge is 0.480 e. The quantitative estimate of drug-likeness (QED) is 0.0865. The van der Waals surface area contributed by atoms with Crippen molar-refractivity contribution < 1.29 is 49.1 Å². The van der Waals surface area contributed by atoms with Gasteiger partial charge in [0.25, 0.3) is 0 Å². The van der Waals surface area contributed by atoms with Gasteiger partial charge in [-0.2, -0.15) is 0 Å². The standard InChI is InChI=1S/C18H34N4O10/c19-9(17(27)28)5-1-3-7-31-13(11(23)12(24)15(21)25)14(16(22)26)32-8-4-2-6-10(20)18(29)30/h9-14,23-24H,1-8,19-20H2,(H2,21,25)(H2,22,26)(H,27,28)(H,29,30)/t9-,10-,11+,12-,13-,14+/m0/s1. The summed E-state index contributed by atoms with van der Waals surface area (Å²) in [5.74, 6) is -4.61. The number of hydrogen-bond acceptors (Lipinski definition) is 10. The molecule has 0 aromatic carbocycles. The van der Waals surface area contributed by atoms with Crippen LogP contribution in [0.3, 0.4) is 0 Å². The average Bonchev–Trinajstić information content (AvgIpc) is 2.71. The normalized spacial score (nSPS) is 17.0. The molecule has 6 atom stereocenters. The first-order valence-electron chi connectivity index (χ1n) is 10.0. The molecule has 14 heteroatoms. The third-order valence-corrected chi connectivity index (χ3v) is 4.59. The van der Waals surface area contributed by atoms with Gasteiger partial charge < -0.3 is 52.8 Å². The van der Waals surface area contributed by atoms with E-state index in [0.717, 1.165) is 0 Å². The number of amides is 2. The van der Waals surface area contributed by atoms with E-state index in [4.69, 9.17) is 42.6 Å². The topological polar surface area (TPSA) is 272 Å². The second-order valence-corrected chi connectivity index (χ2v) is 7.25. The summed E-state index contributed by atoms with van der Waals surface area (Å²) in [5, 5.41) is 37.6. The van der Waals surface area contributed by atoms with Crippen LogP contribution < -0.4 is 22.9 Å². The number of unbranched alkanes of at least 4 members (excludes halogenated alkanes) is 2. The number of nitrogens with two attached hydrogens (primary N) is 4. The Morgan fingerprint density at radius 2 is 1.16 bits per heavy atom. The first-order valence-corrected chi connectivity index (χ1v) is 10.0. The lowest BCUT2D eigenvalue weighted by Gasteiger charge is -2.30. The number of aliphatic hydroxyl groups excluding tert-OH is 2. The molecule has 0 heterocycles. The van der Waals surface area contributed by atoms with Gasteiger partial charge in [-0.15, -0.1) is 0 Å². The van der Waals surface area contributed by atoms with E-state index in [1.54, 1.807) is 0 Å². The van der Waals surface area contributed by atoms with E-state index < -0.39 is 60.3 Å². The maximum Gasteiger partial charge on any atom is 0.320 e. The van der Waals surface area contributed by atoms with Gasteiger partial charge >= 0.3 is 11.9 Å². The van der Waals surface area contributed by atoms with Gasteiger partial charge in [0, 0.05) is 13.2 Å². The molecule has 2 amide bonds. The van der Waals surface area contributed by atoms with Crippen LogP contribution in [0.2, 0.25) is 0 Å². The zero-order valence-electron chi connectivity index (χ0n) is 17.7. The molecule has 0 aliphatic rings. The summed E-state index contributed by atoms with van der Waals surface area (Å²) in [6.07, 6.45) is -5.50. The number of carboxylic acids is 2. The Morgan fingerprint density at radius 3 is 1.53 bits per heavy atom. The van der Waals surface area contributed by atoms with Crippen molar-refractivity contribution in [2.45, 2.75) is 75.0 Å². The molecule has 0 aromatic heterocycles. The fraction of sp³-hybridized carbons (Fsp3) is 0.778. The fourth-order valence-electron chi connectivity index (χ4n) is 2.66. The Hall–Kier alpha value is -2.36. The summed E-state index contributed by atoms with van der Waals surface area (Å²) in [5.41, 5.74) is 21.1. The minimum atomic E-state index is -2.07. The van der Waals surface area contributed by atoms with Crippen molar-refractivity contribution in [1.82, 2.24) is 0 Å². The van der Waals surface area contributed by atoms with Crippen LogP contribution in [-0.2, 0) is 28.7 Å². The number of carbonyl (C=O) groups excluding carboxylic acids is 2. The maximum absolute atomic E-state index is 11.9. The molecule has 14 nitrogen and oxygen atoms in total. The highest BCUT2D eigenvalue weighted by atomic mass is 16.6. The molecule has 0 saturated carbocycles. The third kappa shape index (κ3) is 11.3. The van der Waals surface area contributed by atoms with E-state index in [0.29, 0.717) is 19.3 Å². The van der Waals surface area contributed by atoms with Gasteiger partial charge in [-0.25, -0.2) is 0 Å². The number of primary amides is 2. The lowest BCUT2D eigenvalue weighted by atomic mass is 10.0. The van der Waals surface area contributed by atoms with Crippen molar-refractivity contribution in [1.29, 1.82) is 0 Å². The minimum Gasteiger partial charge on any atom is -0.480 e. The minimum absolute atomic E-state index is 0.0767. The fourth-order valence-corrected chi connectivity index (χ4v) is 2.66. The van der Waals surface area contributed by atoms with Gasteiger partial charge in [0.2, 0.25) is 11.8 Å². The molecule has 0 bridgehead atoms. The zero-order valence-corrected chi connectivity index (χ0v) is 17.7. The van der Waals surface area contributed by atoms with Crippen molar-refractivity contribution in [3.8, 4) is 0 Å².